The second-order valence-electron chi connectivity index (χ2n) is 11.0. The van der Waals surface area contributed by atoms with Crippen molar-refractivity contribution in [2.24, 2.45) is 0 Å². The van der Waals surface area contributed by atoms with Gasteiger partial charge in [-0.1, -0.05) is 57.6 Å². The van der Waals surface area contributed by atoms with Gasteiger partial charge in [-0.3, -0.25) is 9.59 Å². The molecule has 2 aromatic heterocycles. The summed E-state index contributed by atoms with van der Waals surface area (Å²) < 4.78 is 13.4. The minimum atomic E-state index is -1.27. The molecule has 224 valence electrons. The van der Waals surface area contributed by atoms with Gasteiger partial charge in [0.1, 0.15) is 19.0 Å². The van der Waals surface area contributed by atoms with Crippen molar-refractivity contribution in [1.29, 1.82) is 0 Å². The van der Waals surface area contributed by atoms with Crippen LogP contribution in [0, 0.1) is 0 Å². The molecule has 1 aromatic carbocycles. The van der Waals surface area contributed by atoms with E-state index >= 15 is 0 Å². The molecule has 1 atom stereocenters. The number of nitrogens with zero attached hydrogens (tertiary/aromatic N) is 4. The number of Topliss-reactive ketones (excluding diaryl/α,β-unsaturated/α-hetero) is 1. The Morgan fingerprint density at radius 1 is 1.10 bits per heavy atom. The number of halogens is 1. The molecule has 2 heterocycles. The lowest BCUT2D eigenvalue weighted by Crippen LogP contribution is -2.36. The highest BCUT2D eigenvalue weighted by Crippen LogP contribution is 2.31. The van der Waals surface area contributed by atoms with Crippen molar-refractivity contribution in [3.8, 4) is 5.75 Å². The first kappa shape index (κ1) is 32.7. The number of aryl methyl sites for hydroxylation is 1. The van der Waals surface area contributed by atoms with E-state index in [0.29, 0.717) is 34.4 Å². The van der Waals surface area contributed by atoms with Gasteiger partial charge in [-0.05, 0) is 59.1 Å². The number of ether oxygens (including phenoxy) is 2. The van der Waals surface area contributed by atoms with Crippen LogP contribution in [0.5, 0.6) is 5.75 Å². The summed E-state index contributed by atoms with van der Waals surface area (Å²) >= 11 is 8.06. The van der Waals surface area contributed by atoms with Crippen molar-refractivity contribution >= 4 is 42.7 Å². The molecule has 0 aliphatic rings. The lowest BCUT2D eigenvalue weighted by molar-refractivity contribution is -0.122. The lowest BCUT2D eigenvalue weighted by Gasteiger charge is -2.20. The molecule has 3 rings (SSSR count). The lowest BCUT2D eigenvalue weighted by atomic mass is 10.00. The van der Waals surface area contributed by atoms with E-state index in [1.165, 1.54) is 11.3 Å². The molecule has 0 fully saturated rings. The summed E-state index contributed by atoms with van der Waals surface area (Å²) in [4.78, 5) is 40.7. The zero-order chi connectivity index (χ0) is 30.0. The predicted molar refractivity (Wildman–Crippen MR) is 164 cm³/mol. The van der Waals surface area contributed by atoms with Crippen LogP contribution in [0.4, 0.5) is 0 Å². The van der Waals surface area contributed by atoms with Crippen LogP contribution in [-0.4, -0.2) is 52.8 Å². The Kier molecular flexibility index (Phi) is 12.3. The highest BCUT2D eigenvalue weighted by molar-refractivity contribution is 7.14. The van der Waals surface area contributed by atoms with Gasteiger partial charge in [0, 0.05) is 31.0 Å². The van der Waals surface area contributed by atoms with Crippen LogP contribution in [0.2, 0.25) is 30.7 Å². The second kappa shape index (κ2) is 15.4. The van der Waals surface area contributed by atoms with Crippen LogP contribution >= 0.6 is 22.9 Å². The first-order valence-corrected chi connectivity index (χ1v) is 18.8. The normalized spacial score (nSPS) is 12.3. The zero-order valence-corrected chi connectivity index (χ0v) is 27.0. The second-order valence-corrected chi connectivity index (χ2v) is 18.2. The van der Waals surface area contributed by atoms with Crippen LogP contribution in [0.15, 0.2) is 35.1 Å². The third kappa shape index (κ3) is 10.2. The van der Waals surface area contributed by atoms with Crippen molar-refractivity contribution < 1.29 is 19.1 Å². The molecule has 0 bridgehead atoms. The molecule has 1 amide bonds. The Bertz CT molecular complexity index is 1370. The van der Waals surface area contributed by atoms with Crippen LogP contribution in [0.1, 0.15) is 59.3 Å². The number of unbranched alkanes of at least 4 members (excludes halogenated alkanes) is 1. The molecule has 10 nitrogen and oxygen atoms in total. The highest BCUT2D eigenvalue weighted by atomic mass is 35.5. The van der Waals surface area contributed by atoms with Gasteiger partial charge in [0.2, 0.25) is 5.91 Å². The van der Waals surface area contributed by atoms with Gasteiger partial charge in [0.15, 0.2) is 5.78 Å². The number of benzene rings is 1. The number of tetrazole rings is 1. The van der Waals surface area contributed by atoms with E-state index in [9.17, 15) is 14.4 Å². The zero-order valence-electron chi connectivity index (χ0n) is 24.4. The predicted octanol–water partition coefficient (Wildman–Crippen LogP) is 5.34. The number of rotatable bonds is 17. The van der Waals surface area contributed by atoms with Gasteiger partial charge < -0.3 is 14.8 Å². The van der Waals surface area contributed by atoms with Crippen LogP contribution in [0.3, 0.4) is 0 Å². The number of carbonyl (C=O) groups is 2. The third-order valence-corrected chi connectivity index (χ3v) is 9.63. The van der Waals surface area contributed by atoms with Crippen molar-refractivity contribution in [3.63, 3.8) is 0 Å². The summed E-state index contributed by atoms with van der Waals surface area (Å²) in [7, 11) is -1.27. The minimum absolute atomic E-state index is 0.00230. The van der Waals surface area contributed by atoms with E-state index in [4.69, 9.17) is 21.1 Å². The van der Waals surface area contributed by atoms with E-state index < -0.39 is 25.7 Å². The van der Waals surface area contributed by atoms with Crippen LogP contribution < -0.4 is 15.7 Å². The monoisotopic (exact) mass is 621 g/mol. The summed E-state index contributed by atoms with van der Waals surface area (Å²) in [5, 5.41) is 10.9. The minimum Gasteiger partial charge on any atom is -0.494 e. The summed E-state index contributed by atoms with van der Waals surface area (Å²) in [6.07, 6.45) is 2.76. The van der Waals surface area contributed by atoms with Crippen molar-refractivity contribution in [1.82, 2.24) is 25.1 Å². The molecule has 1 N–H and O–H groups in total. The first-order valence-electron chi connectivity index (χ1n) is 13.9. The summed E-state index contributed by atoms with van der Waals surface area (Å²) in [6.45, 7) is 11.5. The fourth-order valence-corrected chi connectivity index (χ4v) is 5.80. The maximum atomic E-state index is 13.2. The van der Waals surface area contributed by atoms with Gasteiger partial charge in [-0.25, -0.2) is 4.79 Å². The maximum absolute atomic E-state index is 13.2. The van der Waals surface area contributed by atoms with E-state index in [0.717, 1.165) is 39.5 Å². The topological polar surface area (TPSA) is 117 Å². The summed E-state index contributed by atoms with van der Waals surface area (Å²) in [5.74, 6) is -0.000962. The number of aromatic nitrogens is 4. The fourth-order valence-electron chi connectivity index (χ4n) is 3.85. The molecule has 0 unspecified atom stereocenters. The molecule has 3 aromatic rings. The average Bonchev–Trinajstić information content (AvgIpc) is 3.53. The van der Waals surface area contributed by atoms with Gasteiger partial charge >= 0.3 is 5.69 Å². The SMILES string of the molecule is CCCCOc1ccc([C@H](CC(=O)c2ccc(CC)s2)NC(=O)Cn2nnn(COCC[Si](C)(C)C)c2=O)c(Cl)c1. The van der Waals surface area contributed by atoms with E-state index in [1.807, 2.05) is 13.0 Å². The van der Waals surface area contributed by atoms with Gasteiger partial charge in [0.25, 0.3) is 0 Å². The number of carbonyl (C=O) groups excluding carboxylic acids is 2. The molecular formula is C28H40ClN5O5SSi. The van der Waals surface area contributed by atoms with Crippen LogP contribution in [0.25, 0.3) is 0 Å². The standard InChI is InChI=1S/C28H40ClN5O5SSi/c1-6-8-13-39-20-9-11-22(23(29)16-20)24(17-25(35)26-12-10-21(7-2)40-26)30-27(36)18-33-28(37)34(32-31-33)19-38-14-15-41(3,4)5/h9-12,16,24H,6-8,13-15,17-19H2,1-5H3,(H,30,36)/t24-/m0/s1. The molecule has 0 spiro atoms. The Morgan fingerprint density at radius 2 is 1.85 bits per heavy atom. The molecule has 0 aliphatic heterocycles. The summed E-state index contributed by atoms with van der Waals surface area (Å²) in [6, 6.07) is 9.20. The van der Waals surface area contributed by atoms with Crippen LogP contribution in [-0.2, 0) is 29.2 Å². The van der Waals surface area contributed by atoms with E-state index in [-0.39, 0.29) is 25.5 Å². The largest absolute Gasteiger partial charge is 0.494 e. The van der Waals surface area contributed by atoms with Crippen molar-refractivity contribution in [3.05, 3.63) is 61.2 Å². The fraction of sp³-hybridized carbons (Fsp3) is 0.536. The molecule has 0 saturated heterocycles. The van der Waals surface area contributed by atoms with E-state index in [1.54, 1.807) is 24.3 Å². The number of hydrogen-bond donors (Lipinski definition) is 1. The number of thiophene rings is 1. The third-order valence-electron chi connectivity index (χ3n) is 6.32. The maximum Gasteiger partial charge on any atom is 0.366 e. The van der Waals surface area contributed by atoms with Gasteiger partial charge in [-0.15, -0.1) is 11.3 Å². The highest BCUT2D eigenvalue weighted by Gasteiger charge is 2.24. The molecular weight excluding hydrogens is 582 g/mol. The van der Waals surface area contributed by atoms with Crippen molar-refractivity contribution in [2.45, 2.75) is 84.5 Å². The number of nitrogens with one attached hydrogen (secondary N) is 1. The Morgan fingerprint density at radius 3 is 2.51 bits per heavy atom. The molecule has 0 aliphatic carbocycles. The average molecular weight is 622 g/mol. The molecule has 0 saturated carbocycles. The molecule has 13 heteroatoms. The number of hydrogen-bond acceptors (Lipinski definition) is 8. The summed E-state index contributed by atoms with van der Waals surface area (Å²) in [5.41, 5.74) is 0.0216. The quantitative estimate of drug-likeness (QED) is 0.123. The van der Waals surface area contributed by atoms with E-state index in [2.05, 4.69) is 42.3 Å². The number of amides is 1. The molecule has 41 heavy (non-hydrogen) atoms. The van der Waals surface area contributed by atoms with Gasteiger partial charge in [0.05, 0.1) is 17.5 Å². The Labute approximate surface area is 251 Å². The van der Waals surface area contributed by atoms with Gasteiger partial charge in [-0.2, -0.15) is 9.36 Å². The number of ketones is 1. The Balaban J connectivity index is 1.73. The smallest absolute Gasteiger partial charge is 0.366 e. The Hall–Kier alpha value is -2.80. The first-order chi connectivity index (χ1) is 19.5. The van der Waals surface area contributed by atoms with Crippen molar-refractivity contribution in [2.75, 3.05) is 13.2 Å². The molecule has 0 radical (unpaired) electrons.